The van der Waals surface area contributed by atoms with Gasteiger partial charge in [-0.3, -0.25) is 0 Å². The SMILES string of the molecule is c1ccc(-c2nc(-c3ccc(-n4c5ccccc5c5cc(-c6cccc7c6sc6ccccc67)ccc54)cc3)nc(-c3cccc4sc5ccccc5c34)n2)cc1. The minimum atomic E-state index is 0.643. The third kappa shape index (κ3) is 5.15. The van der Waals surface area contributed by atoms with E-state index in [-0.39, 0.29) is 0 Å². The van der Waals surface area contributed by atoms with E-state index in [4.69, 9.17) is 15.0 Å². The second-order valence-corrected chi connectivity index (χ2v) is 16.5. The molecule has 12 rings (SSSR count). The minimum absolute atomic E-state index is 0.643. The second-order valence-electron chi connectivity index (χ2n) is 14.4. The number of fused-ring (bicyclic) bond motifs is 9. The van der Waals surface area contributed by atoms with E-state index in [0.717, 1.165) is 22.4 Å². The maximum absolute atomic E-state index is 5.18. The average Bonchev–Trinajstić information content (AvgIpc) is 3.96. The molecule has 57 heavy (non-hydrogen) atoms. The highest BCUT2D eigenvalue weighted by Gasteiger charge is 2.19. The molecule has 4 heterocycles. The fraction of sp³-hybridized carbons (Fsp3) is 0. The van der Waals surface area contributed by atoms with Gasteiger partial charge in [-0.15, -0.1) is 22.7 Å². The Morgan fingerprint density at radius 2 is 0.930 bits per heavy atom. The van der Waals surface area contributed by atoms with Gasteiger partial charge in [-0.2, -0.15) is 0 Å². The van der Waals surface area contributed by atoms with E-state index in [1.165, 1.54) is 73.3 Å². The zero-order valence-corrected chi connectivity index (χ0v) is 32.1. The van der Waals surface area contributed by atoms with Gasteiger partial charge in [0.05, 0.1) is 11.0 Å². The molecule has 0 radical (unpaired) electrons. The number of hydrogen-bond acceptors (Lipinski definition) is 5. The van der Waals surface area contributed by atoms with E-state index in [9.17, 15) is 0 Å². The number of rotatable bonds is 5. The smallest absolute Gasteiger partial charge is 0.164 e. The molecule has 0 saturated heterocycles. The summed E-state index contributed by atoms with van der Waals surface area (Å²) < 4.78 is 7.49. The van der Waals surface area contributed by atoms with E-state index in [1.54, 1.807) is 11.3 Å². The van der Waals surface area contributed by atoms with Crippen LogP contribution in [0.25, 0.3) is 113 Å². The van der Waals surface area contributed by atoms with Gasteiger partial charge < -0.3 is 4.57 Å². The van der Waals surface area contributed by atoms with Crippen molar-refractivity contribution in [3.8, 4) is 51.0 Å². The molecule has 8 aromatic carbocycles. The predicted molar refractivity (Wildman–Crippen MR) is 242 cm³/mol. The van der Waals surface area contributed by atoms with Crippen LogP contribution >= 0.6 is 22.7 Å². The molecule has 12 aromatic rings. The van der Waals surface area contributed by atoms with Gasteiger partial charge in [0.1, 0.15) is 0 Å². The maximum Gasteiger partial charge on any atom is 0.164 e. The van der Waals surface area contributed by atoms with Crippen molar-refractivity contribution in [3.05, 3.63) is 182 Å². The van der Waals surface area contributed by atoms with Crippen LogP contribution in [0.4, 0.5) is 0 Å². The van der Waals surface area contributed by atoms with Crippen LogP contribution in [0.15, 0.2) is 182 Å². The summed E-state index contributed by atoms with van der Waals surface area (Å²) >= 11 is 3.68. The van der Waals surface area contributed by atoms with Crippen molar-refractivity contribution in [2.75, 3.05) is 0 Å². The van der Waals surface area contributed by atoms with E-state index >= 15 is 0 Å². The van der Waals surface area contributed by atoms with Crippen LogP contribution in [0, 0.1) is 0 Å². The lowest BCUT2D eigenvalue weighted by Gasteiger charge is -2.11. The Kier molecular flexibility index (Phi) is 7.24. The highest BCUT2D eigenvalue weighted by Crippen LogP contribution is 2.43. The zero-order chi connectivity index (χ0) is 37.5. The molecule has 0 aliphatic rings. The van der Waals surface area contributed by atoms with Crippen LogP contribution in [-0.2, 0) is 0 Å². The normalized spacial score (nSPS) is 11.9. The Morgan fingerprint density at radius 3 is 1.75 bits per heavy atom. The number of hydrogen-bond donors (Lipinski definition) is 0. The van der Waals surface area contributed by atoms with Crippen LogP contribution in [0.3, 0.4) is 0 Å². The zero-order valence-electron chi connectivity index (χ0n) is 30.4. The highest BCUT2D eigenvalue weighted by molar-refractivity contribution is 7.26. The Morgan fingerprint density at radius 1 is 0.351 bits per heavy atom. The molecule has 266 valence electrons. The fourth-order valence-corrected chi connectivity index (χ4v) is 10.8. The molecule has 0 amide bonds. The first-order chi connectivity index (χ1) is 28.2. The molecule has 0 spiro atoms. The summed E-state index contributed by atoms with van der Waals surface area (Å²) in [6.45, 7) is 0. The van der Waals surface area contributed by atoms with Gasteiger partial charge in [-0.1, -0.05) is 121 Å². The Hall–Kier alpha value is -6.99. The van der Waals surface area contributed by atoms with Gasteiger partial charge in [0, 0.05) is 73.5 Å². The molecule has 0 atom stereocenters. The first-order valence-corrected chi connectivity index (χ1v) is 20.7. The standard InChI is InChI=1S/C51H30N4S2/c1-2-12-31(13-3-1)49-52-50(54-51(53-49)40-19-11-23-46-47(40)39-16-6-9-22-45(39)56-46)32-24-27-34(28-25-32)55-42-20-7-4-14-36(42)41-30-33(26-29-43(41)55)35-17-10-18-38-37-15-5-8-21-44(37)57-48(35)38/h1-30H. The summed E-state index contributed by atoms with van der Waals surface area (Å²) in [6.07, 6.45) is 0. The monoisotopic (exact) mass is 762 g/mol. The molecular weight excluding hydrogens is 733 g/mol. The van der Waals surface area contributed by atoms with Crippen molar-refractivity contribution >= 4 is 84.8 Å². The number of para-hydroxylation sites is 1. The van der Waals surface area contributed by atoms with Crippen molar-refractivity contribution in [1.29, 1.82) is 0 Å². The average molecular weight is 763 g/mol. The number of nitrogens with zero attached hydrogens (tertiary/aromatic N) is 4. The van der Waals surface area contributed by atoms with Crippen molar-refractivity contribution in [1.82, 2.24) is 19.5 Å². The van der Waals surface area contributed by atoms with E-state index in [1.807, 2.05) is 29.5 Å². The molecule has 4 aromatic heterocycles. The highest BCUT2D eigenvalue weighted by atomic mass is 32.1. The molecule has 0 unspecified atom stereocenters. The quantitative estimate of drug-likeness (QED) is 0.175. The molecule has 0 aliphatic carbocycles. The summed E-state index contributed by atoms with van der Waals surface area (Å²) in [6, 6.07) is 64.9. The van der Waals surface area contributed by atoms with Gasteiger partial charge in [-0.05, 0) is 71.8 Å². The van der Waals surface area contributed by atoms with Crippen molar-refractivity contribution in [3.63, 3.8) is 0 Å². The van der Waals surface area contributed by atoms with E-state index < -0.39 is 0 Å². The van der Waals surface area contributed by atoms with Gasteiger partial charge in [-0.25, -0.2) is 15.0 Å². The molecule has 0 N–H and O–H groups in total. The van der Waals surface area contributed by atoms with E-state index in [0.29, 0.717) is 17.5 Å². The lowest BCUT2D eigenvalue weighted by molar-refractivity contribution is 1.07. The van der Waals surface area contributed by atoms with Crippen LogP contribution in [0.1, 0.15) is 0 Å². The first-order valence-electron chi connectivity index (χ1n) is 19.0. The van der Waals surface area contributed by atoms with Crippen molar-refractivity contribution in [2.24, 2.45) is 0 Å². The molecule has 4 nitrogen and oxygen atoms in total. The largest absolute Gasteiger partial charge is 0.309 e. The Labute approximate surface area is 335 Å². The van der Waals surface area contributed by atoms with Crippen LogP contribution < -0.4 is 0 Å². The maximum atomic E-state index is 5.18. The molecule has 6 heteroatoms. The predicted octanol–water partition coefficient (Wildman–Crippen LogP) is 14.4. The lowest BCUT2D eigenvalue weighted by Crippen LogP contribution is -2.01. The third-order valence-electron chi connectivity index (χ3n) is 11.1. The first kappa shape index (κ1) is 32.3. The molecule has 0 aliphatic heterocycles. The molecule has 0 fully saturated rings. The Balaban J connectivity index is 0.990. The topological polar surface area (TPSA) is 43.6 Å². The summed E-state index contributed by atoms with van der Waals surface area (Å²) in [5, 5.41) is 7.49. The van der Waals surface area contributed by atoms with E-state index in [2.05, 4.69) is 168 Å². The van der Waals surface area contributed by atoms with Gasteiger partial charge in [0.2, 0.25) is 0 Å². The summed E-state index contributed by atoms with van der Waals surface area (Å²) in [7, 11) is 0. The van der Waals surface area contributed by atoms with Gasteiger partial charge in [0.15, 0.2) is 17.5 Å². The number of benzene rings is 8. The third-order valence-corrected chi connectivity index (χ3v) is 13.4. The number of thiophene rings is 2. The second kappa shape index (κ2) is 12.8. The summed E-state index contributed by atoms with van der Waals surface area (Å²) in [5.74, 6) is 1.96. The van der Waals surface area contributed by atoms with Crippen LogP contribution in [-0.4, -0.2) is 19.5 Å². The number of aromatic nitrogens is 4. The molecule has 0 bridgehead atoms. The summed E-state index contributed by atoms with van der Waals surface area (Å²) in [5.41, 5.74) is 8.81. The van der Waals surface area contributed by atoms with Crippen molar-refractivity contribution in [2.45, 2.75) is 0 Å². The van der Waals surface area contributed by atoms with Crippen LogP contribution in [0.2, 0.25) is 0 Å². The Bertz CT molecular complexity index is 3520. The lowest BCUT2D eigenvalue weighted by atomic mass is 10.0. The van der Waals surface area contributed by atoms with Gasteiger partial charge >= 0.3 is 0 Å². The summed E-state index contributed by atoms with van der Waals surface area (Å²) in [4.78, 5) is 15.3. The molecular formula is C51H30N4S2. The fourth-order valence-electron chi connectivity index (χ4n) is 8.46. The van der Waals surface area contributed by atoms with Crippen LogP contribution in [0.5, 0.6) is 0 Å². The molecule has 0 saturated carbocycles. The minimum Gasteiger partial charge on any atom is -0.309 e. The van der Waals surface area contributed by atoms with Crippen molar-refractivity contribution < 1.29 is 0 Å². The van der Waals surface area contributed by atoms with Gasteiger partial charge in [0.25, 0.3) is 0 Å².